The van der Waals surface area contributed by atoms with Crippen LogP contribution in [0.25, 0.3) is 0 Å². The van der Waals surface area contributed by atoms with Gasteiger partial charge in [0.25, 0.3) is 5.89 Å². The van der Waals surface area contributed by atoms with Gasteiger partial charge >= 0.3 is 5.91 Å². The third-order valence-corrected chi connectivity index (χ3v) is 5.99. The van der Waals surface area contributed by atoms with Crippen molar-refractivity contribution in [2.24, 2.45) is 5.92 Å². The molecule has 2 aromatic rings. The zero-order chi connectivity index (χ0) is 18.3. The first-order valence-corrected chi connectivity index (χ1v) is 9.57. The topological polar surface area (TPSA) is 49.6 Å². The number of nitrogens with zero attached hydrogens (tertiary/aromatic N) is 3. The van der Waals surface area contributed by atoms with E-state index in [2.05, 4.69) is 48.0 Å². The highest BCUT2D eigenvalue weighted by molar-refractivity contribution is 5.89. The van der Waals surface area contributed by atoms with Crippen molar-refractivity contribution in [2.45, 2.75) is 51.7 Å². The van der Waals surface area contributed by atoms with Crippen molar-refractivity contribution < 1.29 is 9.21 Å². The molecule has 0 bridgehead atoms. The molecule has 5 heteroatoms. The van der Waals surface area contributed by atoms with E-state index in [9.17, 15) is 4.79 Å². The van der Waals surface area contributed by atoms with Crippen LogP contribution in [0.1, 0.15) is 60.4 Å². The van der Waals surface area contributed by atoms with Crippen LogP contribution < -0.4 is 0 Å². The van der Waals surface area contributed by atoms with E-state index in [-0.39, 0.29) is 11.8 Å². The van der Waals surface area contributed by atoms with Gasteiger partial charge in [-0.2, -0.15) is 0 Å². The number of benzene rings is 1. The van der Waals surface area contributed by atoms with Crippen LogP contribution in [0.15, 0.2) is 34.7 Å². The monoisotopic (exact) mass is 353 g/mol. The maximum atomic E-state index is 12.7. The molecule has 2 heterocycles. The predicted octanol–water partition coefficient (Wildman–Crippen LogP) is 3.66. The normalized spacial score (nSPS) is 23.8. The molecule has 1 aliphatic carbocycles. The first-order valence-electron chi connectivity index (χ1n) is 9.57. The third-order valence-electron chi connectivity index (χ3n) is 5.99. The van der Waals surface area contributed by atoms with Crippen molar-refractivity contribution in [3.05, 3.63) is 53.2 Å². The van der Waals surface area contributed by atoms with E-state index in [1.807, 2.05) is 18.0 Å². The minimum Gasteiger partial charge on any atom is -0.437 e. The standard InChI is InChI=1S/C21H27N3O2/c1-14-11-17(12-14)23(3)21(25)20-22-18-13-24(10-9-19(18)26-20)15(2)16-7-5-4-6-8-16/h4-8,14-15,17H,9-13H2,1-3H3. The maximum absolute atomic E-state index is 12.7. The molecule has 1 atom stereocenters. The zero-order valence-corrected chi connectivity index (χ0v) is 15.8. The van der Waals surface area contributed by atoms with Crippen LogP contribution in [0.4, 0.5) is 0 Å². The highest BCUT2D eigenvalue weighted by Gasteiger charge is 2.34. The van der Waals surface area contributed by atoms with Crippen LogP contribution in [-0.4, -0.2) is 40.3 Å². The highest BCUT2D eigenvalue weighted by atomic mass is 16.4. The highest BCUT2D eigenvalue weighted by Crippen LogP contribution is 2.32. The van der Waals surface area contributed by atoms with Crippen molar-refractivity contribution in [3.8, 4) is 0 Å². The van der Waals surface area contributed by atoms with Gasteiger partial charge in [0.2, 0.25) is 0 Å². The first kappa shape index (κ1) is 17.3. The van der Waals surface area contributed by atoms with Crippen molar-refractivity contribution in [1.82, 2.24) is 14.8 Å². The van der Waals surface area contributed by atoms with Gasteiger partial charge in [-0.25, -0.2) is 4.98 Å². The largest absolute Gasteiger partial charge is 0.437 e. The van der Waals surface area contributed by atoms with Gasteiger partial charge in [0, 0.05) is 38.6 Å². The number of rotatable bonds is 4. The Kier molecular flexibility index (Phi) is 4.57. The molecule has 1 fully saturated rings. The number of hydrogen-bond donors (Lipinski definition) is 0. The summed E-state index contributed by atoms with van der Waals surface area (Å²) in [6.07, 6.45) is 2.95. The number of fused-ring (bicyclic) bond motifs is 1. The summed E-state index contributed by atoms with van der Waals surface area (Å²) in [5, 5.41) is 0. The molecule has 1 aromatic heterocycles. The molecule has 1 amide bonds. The lowest BCUT2D eigenvalue weighted by Gasteiger charge is -2.38. The molecule has 1 aromatic carbocycles. The van der Waals surface area contributed by atoms with Gasteiger partial charge in [0.1, 0.15) is 5.76 Å². The van der Waals surface area contributed by atoms with E-state index in [1.165, 1.54) is 5.56 Å². The summed E-state index contributed by atoms with van der Waals surface area (Å²) >= 11 is 0. The molecular formula is C21H27N3O2. The fourth-order valence-corrected chi connectivity index (χ4v) is 4.08. The molecule has 26 heavy (non-hydrogen) atoms. The summed E-state index contributed by atoms with van der Waals surface area (Å²) in [6.45, 7) is 6.09. The van der Waals surface area contributed by atoms with Crippen LogP contribution >= 0.6 is 0 Å². The molecule has 0 radical (unpaired) electrons. The number of carbonyl (C=O) groups is 1. The van der Waals surface area contributed by atoms with E-state index in [4.69, 9.17) is 4.42 Å². The lowest BCUT2D eigenvalue weighted by molar-refractivity contribution is 0.0531. The van der Waals surface area contributed by atoms with Gasteiger partial charge in [-0.05, 0) is 31.2 Å². The number of oxazole rings is 1. The summed E-state index contributed by atoms with van der Waals surface area (Å²) in [5.74, 6) is 1.76. The fourth-order valence-electron chi connectivity index (χ4n) is 4.08. The van der Waals surface area contributed by atoms with Crippen molar-refractivity contribution in [1.29, 1.82) is 0 Å². The van der Waals surface area contributed by atoms with E-state index in [0.29, 0.717) is 18.0 Å². The SMILES string of the molecule is CC1CC(N(C)C(=O)c2nc3c(o2)CCN(C(C)c2ccccc2)C3)C1. The second-order valence-corrected chi connectivity index (χ2v) is 7.84. The summed E-state index contributed by atoms with van der Waals surface area (Å²) in [7, 11) is 1.87. The van der Waals surface area contributed by atoms with E-state index >= 15 is 0 Å². The lowest BCUT2D eigenvalue weighted by atomic mass is 9.81. The first-order chi connectivity index (χ1) is 12.5. The molecule has 0 saturated heterocycles. The van der Waals surface area contributed by atoms with Crippen LogP contribution in [0, 0.1) is 5.92 Å². The van der Waals surface area contributed by atoms with Gasteiger partial charge in [-0.1, -0.05) is 37.3 Å². The fraction of sp³-hybridized carbons (Fsp3) is 0.524. The smallest absolute Gasteiger partial charge is 0.309 e. The van der Waals surface area contributed by atoms with Gasteiger partial charge in [0.05, 0.1) is 5.69 Å². The molecule has 1 aliphatic heterocycles. The summed E-state index contributed by atoms with van der Waals surface area (Å²) < 4.78 is 5.84. The Hall–Kier alpha value is -2.14. The molecule has 1 saturated carbocycles. The second-order valence-electron chi connectivity index (χ2n) is 7.84. The van der Waals surface area contributed by atoms with Gasteiger partial charge in [0.15, 0.2) is 0 Å². The quantitative estimate of drug-likeness (QED) is 0.842. The number of carbonyl (C=O) groups excluding carboxylic acids is 1. The number of aromatic nitrogens is 1. The molecule has 2 aliphatic rings. The van der Waals surface area contributed by atoms with Gasteiger partial charge in [-0.3, -0.25) is 9.69 Å². The Morgan fingerprint density at radius 2 is 2.04 bits per heavy atom. The molecule has 138 valence electrons. The van der Waals surface area contributed by atoms with Gasteiger partial charge < -0.3 is 9.32 Å². The lowest BCUT2D eigenvalue weighted by Crippen LogP contribution is -2.44. The van der Waals surface area contributed by atoms with Crippen molar-refractivity contribution in [3.63, 3.8) is 0 Å². The molecule has 0 N–H and O–H groups in total. The Morgan fingerprint density at radius 1 is 1.31 bits per heavy atom. The molecule has 5 nitrogen and oxygen atoms in total. The Balaban J connectivity index is 1.46. The Bertz CT molecular complexity index is 780. The van der Waals surface area contributed by atoms with Crippen molar-refractivity contribution in [2.75, 3.05) is 13.6 Å². The van der Waals surface area contributed by atoms with Crippen LogP contribution in [0.2, 0.25) is 0 Å². The summed E-state index contributed by atoms with van der Waals surface area (Å²) in [4.78, 5) is 21.5. The van der Waals surface area contributed by atoms with E-state index < -0.39 is 0 Å². The molecule has 4 rings (SSSR count). The third kappa shape index (κ3) is 3.16. The molecular weight excluding hydrogens is 326 g/mol. The number of hydrogen-bond acceptors (Lipinski definition) is 4. The van der Waals surface area contributed by atoms with Crippen LogP contribution in [0.3, 0.4) is 0 Å². The summed E-state index contributed by atoms with van der Waals surface area (Å²) in [6, 6.07) is 11.2. The number of amides is 1. The molecule has 0 spiro atoms. The van der Waals surface area contributed by atoms with E-state index in [1.54, 1.807) is 0 Å². The summed E-state index contributed by atoms with van der Waals surface area (Å²) in [5.41, 5.74) is 2.22. The zero-order valence-electron chi connectivity index (χ0n) is 15.8. The maximum Gasteiger partial charge on any atom is 0.309 e. The second kappa shape index (κ2) is 6.88. The minimum absolute atomic E-state index is 0.0843. The van der Waals surface area contributed by atoms with E-state index in [0.717, 1.165) is 43.8 Å². The molecule has 1 unspecified atom stereocenters. The Labute approximate surface area is 155 Å². The van der Waals surface area contributed by atoms with Gasteiger partial charge in [-0.15, -0.1) is 0 Å². The average molecular weight is 353 g/mol. The minimum atomic E-state index is -0.0843. The predicted molar refractivity (Wildman–Crippen MR) is 99.8 cm³/mol. The Morgan fingerprint density at radius 3 is 2.73 bits per heavy atom. The van der Waals surface area contributed by atoms with Crippen LogP contribution in [0.5, 0.6) is 0 Å². The average Bonchev–Trinajstić information content (AvgIpc) is 3.07. The van der Waals surface area contributed by atoms with Crippen molar-refractivity contribution >= 4 is 5.91 Å². The van der Waals surface area contributed by atoms with Crippen LogP contribution in [-0.2, 0) is 13.0 Å².